The number of Topliss-reactive ketones (excluding diaryl/α,β-unsaturated/α-hetero) is 1. The van der Waals surface area contributed by atoms with Crippen molar-refractivity contribution in [1.29, 1.82) is 0 Å². The molecular weight excluding hydrogens is 378 g/mol. The van der Waals surface area contributed by atoms with Gasteiger partial charge in [0, 0.05) is 29.7 Å². The first kappa shape index (κ1) is 20.1. The fourth-order valence-electron chi connectivity index (χ4n) is 4.10. The van der Waals surface area contributed by atoms with Crippen LogP contribution < -0.4 is 5.32 Å². The molecule has 1 aromatic carbocycles. The van der Waals surface area contributed by atoms with E-state index in [9.17, 15) is 14.7 Å². The number of fused-ring (bicyclic) bond motifs is 1. The summed E-state index contributed by atoms with van der Waals surface area (Å²) >= 11 is 0. The highest BCUT2D eigenvalue weighted by molar-refractivity contribution is 6.10. The minimum Gasteiger partial charge on any atom is -0.493 e. The number of amides is 1. The maximum atomic E-state index is 12.7. The maximum Gasteiger partial charge on any atom is 0.232 e. The number of nitrogens with zero attached hydrogens (tertiary/aromatic N) is 2. The van der Waals surface area contributed by atoms with Crippen LogP contribution in [0.4, 0.5) is 0 Å². The molecule has 2 aliphatic carbocycles. The summed E-state index contributed by atoms with van der Waals surface area (Å²) < 4.78 is 0. The third-order valence-electron chi connectivity index (χ3n) is 6.07. The van der Waals surface area contributed by atoms with Crippen molar-refractivity contribution in [3.8, 4) is 0 Å². The zero-order chi connectivity index (χ0) is 21.6. The van der Waals surface area contributed by atoms with Crippen LogP contribution in [0.15, 0.2) is 53.6 Å². The van der Waals surface area contributed by atoms with Gasteiger partial charge in [-0.1, -0.05) is 24.8 Å². The lowest BCUT2D eigenvalue weighted by atomic mass is 9.97. The van der Waals surface area contributed by atoms with Gasteiger partial charge in [0.25, 0.3) is 0 Å². The largest absolute Gasteiger partial charge is 0.493 e. The normalized spacial score (nSPS) is 20.1. The van der Waals surface area contributed by atoms with Crippen LogP contribution in [0.2, 0.25) is 0 Å². The fraction of sp³-hybridized carbons (Fsp3) is 0.375. The standard InChI is InChI=1S/C24H27N3O3/c1-14(2)25-23(30)24(11-12-24)16(4)26-27-15(3)19(8-10-22(27)29)17-5-7-20-18(13-17)6-9-21(20)28/h5,7-8,10,13-14,29H,3,6,9,11-12H2,1-2,4H3,(H,25,30)/b26-16+. The van der Waals surface area contributed by atoms with E-state index in [1.54, 1.807) is 12.2 Å². The smallest absolute Gasteiger partial charge is 0.232 e. The molecule has 1 saturated carbocycles. The van der Waals surface area contributed by atoms with Crippen LogP contribution in [-0.4, -0.2) is 33.6 Å². The summed E-state index contributed by atoms with van der Waals surface area (Å²) in [7, 11) is 0. The van der Waals surface area contributed by atoms with Crippen molar-refractivity contribution < 1.29 is 14.7 Å². The second-order valence-corrected chi connectivity index (χ2v) is 8.55. The lowest BCUT2D eigenvalue weighted by Gasteiger charge is -2.27. The highest BCUT2D eigenvalue weighted by Gasteiger charge is 2.53. The molecule has 0 saturated heterocycles. The molecule has 156 valence electrons. The van der Waals surface area contributed by atoms with E-state index in [4.69, 9.17) is 0 Å². The quantitative estimate of drug-likeness (QED) is 0.723. The zero-order valence-corrected chi connectivity index (χ0v) is 17.7. The molecule has 0 atom stereocenters. The SMILES string of the molecule is C=C1C(c2ccc3c(c2)CCC3=O)=CC=C(O)N1/N=C(\C)C1(C(=O)NC(C)C)CC1. The molecular formula is C24H27N3O3. The van der Waals surface area contributed by atoms with Crippen LogP contribution in [0.1, 0.15) is 61.5 Å². The van der Waals surface area contributed by atoms with E-state index in [1.165, 1.54) is 5.01 Å². The molecule has 1 amide bonds. The Kier molecular flexibility index (Phi) is 4.88. The number of allylic oxidation sites excluding steroid dienone is 3. The zero-order valence-electron chi connectivity index (χ0n) is 17.7. The fourth-order valence-corrected chi connectivity index (χ4v) is 4.10. The molecule has 4 rings (SSSR count). The molecule has 0 spiro atoms. The van der Waals surface area contributed by atoms with Crippen molar-refractivity contribution in [3.63, 3.8) is 0 Å². The first-order valence-electron chi connectivity index (χ1n) is 10.4. The Morgan fingerprint density at radius 3 is 2.67 bits per heavy atom. The Morgan fingerprint density at radius 1 is 1.27 bits per heavy atom. The van der Waals surface area contributed by atoms with Crippen molar-refractivity contribution >= 4 is 23.0 Å². The number of aryl methyl sites for hydroxylation is 1. The van der Waals surface area contributed by atoms with E-state index in [0.29, 0.717) is 17.8 Å². The van der Waals surface area contributed by atoms with Crippen molar-refractivity contribution in [1.82, 2.24) is 10.3 Å². The highest BCUT2D eigenvalue weighted by Crippen LogP contribution is 2.48. The van der Waals surface area contributed by atoms with Gasteiger partial charge in [-0.05, 0) is 57.2 Å². The summed E-state index contributed by atoms with van der Waals surface area (Å²) in [5, 5.41) is 19.4. The van der Waals surface area contributed by atoms with E-state index >= 15 is 0 Å². The number of aliphatic hydroxyl groups excluding tert-OH is 1. The predicted octanol–water partition coefficient (Wildman–Crippen LogP) is 4.11. The number of rotatable bonds is 5. The van der Waals surface area contributed by atoms with Gasteiger partial charge in [-0.25, -0.2) is 5.01 Å². The first-order valence-corrected chi connectivity index (χ1v) is 10.4. The van der Waals surface area contributed by atoms with Gasteiger partial charge in [0.05, 0.1) is 16.8 Å². The molecule has 30 heavy (non-hydrogen) atoms. The minimum atomic E-state index is -0.611. The van der Waals surface area contributed by atoms with Crippen molar-refractivity contribution in [2.75, 3.05) is 0 Å². The van der Waals surface area contributed by atoms with Crippen LogP contribution in [-0.2, 0) is 11.2 Å². The van der Waals surface area contributed by atoms with Gasteiger partial charge in [-0.15, -0.1) is 0 Å². The number of carbonyl (C=O) groups is 2. The van der Waals surface area contributed by atoms with E-state index in [-0.39, 0.29) is 23.6 Å². The number of hydrazone groups is 1. The number of hydrogen-bond acceptors (Lipinski definition) is 5. The monoisotopic (exact) mass is 405 g/mol. The summed E-state index contributed by atoms with van der Waals surface area (Å²) in [4.78, 5) is 24.6. The molecule has 0 bridgehead atoms. The van der Waals surface area contributed by atoms with Crippen molar-refractivity contribution in [2.24, 2.45) is 10.5 Å². The van der Waals surface area contributed by atoms with E-state index in [0.717, 1.165) is 41.5 Å². The van der Waals surface area contributed by atoms with Crippen LogP contribution in [0.3, 0.4) is 0 Å². The molecule has 0 aromatic heterocycles. The third kappa shape index (κ3) is 3.36. The van der Waals surface area contributed by atoms with E-state index < -0.39 is 5.41 Å². The average molecular weight is 405 g/mol. The van der Waals surface area contributed by atoms with E-state index in [2.05, 4.69) is 17.0 Å². The Hall–Kier alpha value is -3.15. The van der Waals surface area contributed by atoms with Crippen LogP contribution in [0, 0.1) is 5.41 Å². The Morgan fingerprint density at radius 2 is 2.00 bits per heavy atom. The van der Waals surface area contributed by atoms with Gasteiger partial charge in [-0.3, -0.25) is 9.59 Å². The second kappa shape index (κ2) is 7.27. The van der Waals surface area contributed by atoms with Crippen LogP contribution in [0.5, 0.6) is 0 Å². The molecule has 1 aromatic rings. The third-order valence-corrected chi connectivity index (χ3v) is 6.07. The number of hydrogen-bond donors (Lipinski definition) is 2. The lowest BCUT2D eigenvalue weighted by Crippen LogP contribution is -2.40. The number of aliphatic hydroxyl groups is 1. The highest BCUT2D eigenvalue weighted by atomic mass is 16.3. The summed E-state index contributed by atoms with van der Waals surface area (Å²) in [6.45, 7) is 9.84. The lowest BCUT2D eigenvalue weighted by molar-refractivity contribution is -0.124. The molecule has 3 aliphatic rings. The van der Waals surface area contributed by atoms with Crippen LogP contribution in [0.25, 0.3) is 5.57 Å². The van der Waals surface area contributed by atoms with Gasteiger partial charge in [0.1, 0.15) is 0 Å². The second-order valence-electron chi connectivity index (χ2n) is 8.55. The summed E-state index contributed by atoms with van der Waals surface area (Å²) in [6.07, 6.45) is 6.16. The maximum absolute atomic E-state index is 12.7. The van der Waals surface area contributed by atoms with Gasteiger partial charge >= 0.3 is 0 Å². The number of nitrogens with one attached hydrogen (secondary N) is 1. The molecule has 6 nitrogen and oxygen atoms in total. The summed E-state index contributed by atoms with van der Waals surface area (Å²) in [6, 6.07) is 5.84. The number of benzene rings is 1. The first-order chi connectivity index (χ1) is 14.2. The minimum absolute atomic E-state index is 0.0242. The van der Waals surface area contributed by atoms with Gasteiger partial charge in [0.2, 0.25) is 11.8 Å². The summed E-state index contributed by atoms with van der Waals surface area (Å²) in [5.41, 5.74) is 4.15. The number of ketones is 1. The van der Waals surface area contributed by atoms with E-state index in [1.807, 2.05) is 39.0 Å². The van der Waals surface area contributed by atoms with Gasteiger partial charge in [0.15, 0.2) is 5.78 Å². The van der Waals surface area contributed by atoms with Crippen molar-refractivity contribution in [3.05, 3.63) is 65.2 Å². The van der Waals surface area contributed by atoms with Crippen LogP contribution >= 0.6 is 0 Å². The Balaban J connectivity index is 1.61. The predicted molar refractivity (Wildman–Crippen MR) is 117 cm³/mol. The topological polar surface area (TPSA) is 82.0 Å². The Labute approximate surface area is 176 Å². The molecule has 1 heterocycles. The molecule has 0 radical (unpaired) electrons. The molecule has 1 fully saturated rings. The molecule has 0 unspecified atom stereocenters. The molecule has 1 aliphatic heterocycles. The van der Waals surface area contributed by atoms with Crippen molar-refractivity contribution in [2.45, 2.75) is 52.5 Å². The number of carbonyl (C=O) groups excluding carboxylic acids is 2. The van der Waals surface area contributed by atoms with Gasteiger partial charge in [-0.2, -0.15) is 5.10 Å². The molecule has 2 N–H and O–H groups in total. The molecule has 6 heteroatoms. The summed E-state index contributed by atoms with van der Waals surface area (Å²) in [5.74, 6) is 0.116. The Bertz CT molecular complexity index is 1040. The average Bonchev–Trinajstić information content (AvgIpc) is 3.43. The van der Waals surface area contributed by atoms with Gasteiger partial charge < -0.3 is 10.4 Å².